The standard InChI is InChI=1S/C18H21N3O3/c22-16-10-13(11-21(16)15-6-7-15)18(24)19-8-9-20(17(23)12-19)14-4-2-1-3-5-14/h1-5,13,15H,6-12H2/t13-/m1/s1. The van der Waals surface area contributed by atoms with E-state index in [0.717, 1.165) is 18.5 Å². The van der Waals surface area contributed by atoms with Crippen molar-refractivity contribution in [3.63, 3.8) is 0 Å². The fourth-order valence-electron chi connectivity index (χ4n) is 3.64. The highest BCUT2D eigenvalue weighted by molar-refractivity contribution is 5.99. The van der Waals surface area contributed by atoms with Gasteiger partial charge in [-0.2, -0.15) is 0 Å². The van der Waals surface area contributed by atoms with Crippen molar-refractivity contribution < 1.29 is 14.4 Å². The molecule has 24 heavy (non-hydrogen) atoms. The molecule has 1 atom stereocenters. The molecule has 6 nitrogen and oxygen atoms in total. The van der Waals surface area contributed by atoms with E-state index in [0.29, 0.717) is 32.1 Å². The van der Waals surface area contributed by atoms with Crippen LogP contribution in [0.5, 0.6) is 0 Å². The van der Waals surface area contributed by atoms with Crippen molar-refractivity contribution in [3.05, 3.63) is 30.3 Å². The van der Waals surface area contributed by atoms with Gasteiger partial charge in [-0.25, -0.2) is 0 Å². The zero-order valence-electron chi connectivity index (χ0n) is 13.6. The second-order valence-electron chi connectivity index (χ2n) is 6.82. The SMILES string of the molecule is O=C([C@@H]1CC(=O)N(C2CC2)C1)N1CCN(c2ccccc2)C(=O)C1. The van der Waals surface area contributed by atoms with Crippen molar-refractivity contribution in [1.82, 2.24) is 9.80 Å². The largest absolute Gasteiger partial charge is 0.339 e. The van der Waals surface area contributed by atoms with E-state index in [4.69, 9.17) is 0 Å². The normalized spacial score (nSPS) is 24.7. The van der Waals surface area contributed by atoms with Gasteiger partial charge in [0.05, 0.1) is 5.92 Å². The number of hydrogen-bond acceptors (Lipinski definition) is 3. The summed E-state index contributed by atoms with van der Waals surface area (Å²) in [6, 6.07) is 9.87. The highest BCUT2D eigenvalue weighted by Gasteiger charge is 2.43. The highest BCUT2D eigenvalue weighted by atomic mass is 16.2. The minimum Gasteiger partial charge on any atom is -0.339 e. The third-order valence-electron chi connectivity index (χ3n) is 5.10. The molecule has 2 heterocycles. The van der Waals surface area contributed by atoms with E-state index < -0.39 is 0 Å². The fraction of sp³-hybridized carbons (Fsp3) is 0.500. The van der Waals surface area contributed by atoms with E-state index in [1.165, 1.54) is 0 Å². The Kier molecular flexibility index (Phi) is 3.75. The summed E-state index contributed by atoms with van der Waals surface area (Å²) >= 11 is 0. The van der Waals surface area contributed by atoms with Crippen molar-refractivity contribution in [1.29, 1.82) is 0 Å². The molecule has 3 fully saturated rings. The molecule has 6 heteroatoms. The molecule has 0 unspecified atom stereocenters. The van der Waals surface area contributed by atoms with Crippen LogP contribution in [-0.4, -0.2) is 59.7 Å². The number of carbonyl (C=O) groups is 3. The van der Waals surface area contributed by atoms with Gasteiger partial charge in [-0.05, 0) is 25.0 Å². The van der Waals surface area contributed by atoms with Crippen LogP contribution in [0.15, 0.2) is 30.3 Å². The van der Waals surface area contributed by atoms with Crippen LogP contribution in [0.25, 0.3) is 0 Å². The summed E-state index contributed by atoms with van der Waals surface area (Å²) in [5, 5.41) is 0. The molecule has 126 valence electrons. The van der Waals surface area contributed by atoms with Gasteiger partial charge in [-0.15, -0.1) is 0 Å². The molecular formula is C18H21N3O3. The average molecular weight is 327 g/mol. The molecule has 4 rings (SSSR count). The lowest BCUT2D eigenvalue weighted by molar-refractivity contribution is -0.140. The first-order valence-corrected chi connectivity index (χ1v) is 8.57. The molecule has 1 aromatic carbocycles. The summed E-state index contributed by atoms with van der Waals surface area (Å²) in [4.78, 5) is 42.4. The molecule has 1 saturated carbocycles. The number of piperazine rings is 1. The smallest absolute Gasteiger partial charge is 0.246 e. The van der Waals surface area contributed by atoms with Crippen LogP contribution in [0.4, 0.5) is 5.69 Å². The van der Waals surface area contributed by atoms with Gasteiger partial charge in [0.25, 0.3) is 0 Å². The van der Waals surface area contributed by atoms with Crippen molar-refractivity contribution >= 4 is 23.4 Å². The van der Waals surface area contributed by atoms with E-state index in [2.05, 4.69) is 0 Å². The third kappa shape index (κ3) is 2.77. The second-order valence-corrected chi connectivity index (χ2v) is 6.82. The maximum absolute atomic E-state index is 12.7. The molecule has 0 aromatic heterocycles. The minimum atomic E-state index is -0.283. The summed E-state index contributed by atoms with van der Waals surface area (Å²) < 4.78 is 0. The predicted molar refractivity (Wildman–Crippen MR) is 88.2 cm³/mol. The van der Waals surface area contributed by atoms with Gasteiger partial charge in [0, 0.05) is 37.8 Å². The Hall–Kier alpha value is -2.37. The topological polar surface area (TPSA) is 60.9 Å². The van der Waals surface area contributed by atoms with E-state index in [9.17, 15) is 14.4 Å². The van der Waals surface area contributed by atoms with Crippen LogP contribution in [0.1, 0.15) is 19.3 Å². The lowest BCUT2D eigenvalue weighted by Gasteiger charge is -2.35. The molecule has 3 aliphatic rings. The number of likely N-dealkylation sites (tertiary alicyclic amines) is 1. The summed E-state index contributed by atoms with van der Waals surface area (Å²) in [6.07, 6.45) is 2.41. The number of carbonyl (C=O) groups excluding carboxylic acids is 3. The number of benzene rings is 1. The number of rotatable bonds is 3. The zero-order valence-corrected chi connectivity index (χ0v) is 13.6. The van der Waals surface area contributed by atoms with E-state index in [1.54, 1.807) is 9.80 Å². The number of nitrogens with zero attached hydrogens (tertiary/aromatic N) is 3. The van der Waals surface area contributed by atoms with E-state index in [-0.39, 0.29) is 30.2 Å². The zero-order chi connectivity index (χ0) is 16.7. The summed E-state index contributed by atoms with van der Waals surface area (Å²) in [6.45, 7) is 1.65. The maximum Gasteiger partial charge on any atom is 0.246 e. The van der Waals surface area contributed by atoms with Crippen molar-refractivity contribution in [2.24, 2.45) is 5.92 Å². The van der Waals surface area contributed by atoms with Crippen molar-refractivity contribution in [2.75, 3.05) is 31.1 Å². The maximum atomic E-state index is 12.7. The van der Waals surface area contributed by atoms with Crippen LogP contribution in [0.3, 0.4) is 0 Å². The number of anilines is 1. The van der Waals surface area contributed by atoms with Crippen LogP contribution in [-0.2, 0) is 14.4 Å². The van der Waals surface area contributed by atoms with Gasteiger partial charge in [0.2, 0.25) is 17.7 Å². The number of amides is 3. The molecule has 2 saturated heterocycles. The Balaban J connectivity index is 1.39. The van der Waals surface area contributed by atoms with E-state index >= 15 is 0 Å². The highest BCUT2D eigenvalue weighted by Crippen LogP contribution is 2.33. The molecule has 0 bridgehead atoms. The molecule has 3 amide bonds. The molecule has 0 N–H and O–H groups in total. The number of hydrogen-bond donors (Lipinski definition) is 0. The Labute approximate surface area is 141 Å². The summed E-state index contributed by atoms with van der Waals surface area (Å²) in [5.41, 5.74) is 0.866. The molecule has 1 aromatic rings. The molecule has 0 radical (unpaired) electrons. The molecule has 1 aliphatic carbocycles. The fourth-order valence-corrected chi connectivity index (χ4v) is 3.64. The predicted octanol–water partition coefficient (Wildman–Crippen LogP) is 0.873. The second kappa shape index (κ2) is 5.92. The first-order valence-electron chi connectivity index (χ1n) is 8.57. The van der Waals surface area contributed by atoms with Crippen molar-refractivity contribution in [3.8, 4) is 0 Å². The molecule has 0 spiro atoms. The van der Waals surface area contributed by atoms with Gasteiger partial charge in [-0.1, -0.05) is 18.2 Å². The van der Waals surface area contributed by atoms with Crippen LogP contribution < -0.4 is 4.90 Å². The Morgan fingerprint density at radius 3 is 2.42 bits per heavy atom. The number of para-hydroxylation sites is 1. The lowest BCUT2D eigenvalue weighted by Crippen LogP contribution is -2.54. The first kappa shape index (κ1) is 15.2. The van der Waals surface area contributed by atoms with Gasteiger partial charge < -0.3 is 14.7 Å². The Bertz CT molecular complexity index is 671. The molecular weight excluding hydrogens is 306 g/mol. The lowest BCUT2D eigenvalue weighted by atomic mass is 10.1. The average Bonchev–Trinajstić information content (AvgIpc) is 3.37. The Morgan fingerprint density at radius 1 is 1.00 bits per heavy atom. The van der Waals surface area contributed by atoms with Gasteiger partial charge in [0.15, 0.2) is 0 Å². The minimum absolute atomic E-state index is 0.0486. The van der Waals surface area contributed by atoms with Crippen LogP contribution in [0.2, 0.25) is 0 Å². The van der Waals surface area contributed by atoms with Gasteiger partial charge in [0.1, 0.15) is 6.54 Å². The Morgan fingerprint density at radius 2 is 1.75 bits per heavy atom. The molecule has 2 aliphatic heterocycles. The third-order valence-corrected chi connectivity index (χ3v) is 5.10. The van der Waals surface area contributed by atoms with Crippen molar-refractivity contribution in [2.45, 2.75) is 25.3 Å². The first-order chi connectivity index (χ1) is 11.6. The van der Waals surface area contributed by atoms with Crippen LogP contribution >= 0.6 is 0 Å². The van der Waals surface area contributed by atoms with E-state index in [1.807, 2.05) is 35.2 Å². The summed E-state index contributed by atoms with van der Waals surface area (Å²) in [5.74, 6) is -0.309. The summed E-state index contributed by atoms with van der Waals surface area (Å²) in [7, 11) is 0. The quantitative estimate of drug-likeness (QED) is 0.828. The van der Waals surface area contributed by atoms with Crippen LogP contribution in [0, 0.1) is 5.92 Å². The van der Waals surface area contributed by atoms with Gasteiger partial charge >= 0.3 is 0 Å². The van der Waals surface area contributed by atoms with Gasteiger partial charge in [-0.3, -0.25) is 14.4 Å². The monoisotopic (exact) mass is 327 g/mol.